The van der Waals surface area contributed by atoms with Crippen LogP contribution in [0.4, 0.5) is 0 Å². The van der Waals surface area contributed by atoms with Crippen LogP contribution in [-0.4, -0.2) is 8.86 Å². The van der Waals surface area contributed by atoms with Gasteiger partial charge in [-0.2, -0.15) is 0 Å². The second kappa shape index (κ2) is 15.4. The summed E-state index contributed by atoms with van der Waals surface area (Å²) in [5.41, 5.74) is 14.4. The number of halogens is 2. The summed E-state index contributed by atoms with van der Waals surface area (Å²) in [7, 11) is 0. The Labute approximate surface area is 449 Å². The monoisotopic (exact) mass is 1170 g/mol. The molecule has 17 rings (SSSR count). The molecule has 1 aliphatic carbocycles. The Morgan fingerprint density at radius 2 is 0.595 bits per heavy atom. The predicted molar refractivity (Wildman–Crippen MR) is 314 cm³/mol. The Hall–Kier alpha value is -6.86. The summed E-state index contributed by atoms with van der Waals surface area (Å²) in [5, 5.41) is 33.4. The fourth-order valence-electron chi connectivity index (χ4n) is 14.8. The van der Waals surface area contributed by atoms with Crippen molar-refractivity contribution in [1.82, 2.24) is 0 Å². The van der Waals surface area contributed by atoms with E-state index < -0.39 is 0 Å². The van der Waals surface area contributed by atoms with Crippen LogP contribution in [0.1, 0.15) is 37.8 Å². The van der Waals surface area contributed by atoms with Gasteiger partial charge in [-0.25, -0.2) is 0 Å². The molecule has 0 aliphatic heterocycles. The van der Waals surface area contributed by atoms with Crippen molar-refractivity contribution in [2.45, 2.75) is 40.5 Å². The normalized spacial score (nSPS) is 13.0. The van der Waals surface area contributed by atoms with Crippen LogP contribution in [0.5, 0.6) is 0 Å². The Morgan fingerprint density at radius 3 is 0.973 bits per heavy atom. The number of fused-ring (bicyclic) bond motifs is 13. The third kappa shape index (κ3) is 5.19. The Bertz CT molecular complexity index is 4780. The van der Waals surface area contributed by atoms with Gasteiger partial charge in [-0.15, -0.1) is 0 Å². The molecule has 0 aromatic heterocycles. The minimum absolute atomic E-state index is 0.214. The first-order valence-electron chi connectivity index (χ1n) is 26.6. The van der Waals surface area contributed by atoms with Gasteiger partial charge in [0.1, 0.15) is 0 Å². The molecule has 0 spiro atoms. The van der Waals surface area contributed by atoms with Crippen LogP contribution in [0.2, 0.25) is 0 Å². The van der Waals surface area contributed by atoms with Gasteiger partial charge in [0.05, 0.1) is 0 Å². The van der Waals surface area contributed by atoms with Crippen molar-refractivity contribution >= 4 is 129 Å². The molecular weight excluding hydrogens is 1120 g/mol. The molecule has 0 atom stereocenters. The standard InChI is InChI=1S/C72H48I2/c1-5-35-73-71-61(40-15-9-7-10-16-40)69-54-33-29-48-44-25-23-42-46-27-31-52-58-37(3)56-50-21-13-19-39-20-14-22-51(60(39)50)57(56)38(4)59(58)53-32-28-47(65(46)67(52)53)43-24-26-45(64(44)63(42)43)49-30-34-55(68(54)66(48)49)70(69)62(72(71)74-36-6-2)41-17-11-8-12-18-41/h7-34H,5-6,35-36H2,1-4H3/q-2. The topological polar surface area (TPSA) is 0 Å². The molecule has 0 saturated carbocycles. The molecule has 0 fully saturated rings. The molecular formula is C72H48I2-2. The van der Waals surface area contributed by atoms with Crippen molar-refractivity contribution in [2.75, 3.05) is 8.86 Å². The van der Waals surface area contributed by atoms with Gasteiger partial charge in [-0.3, -0.25) is 0 Å². The zero-order valence-electron chi connectivity index (χ0n) is 41.8. The van der Waals surface area contributed by atoms with Gasteiger partial charge in [0.25, 0.3) is 0 Å². The number of rotatable bonds is 8. The van der Waals surface area contributed by atoms with Crippen LogP contribution in [0, 0.1) is 21.0 Å². The molecule has 16 aromatic carbocycles. The molecule has 0 radical (unpaired) electrons. The van der Waals surface area contributed by atoms with E-state index in [1.807, 2.05) is 0 Å². The van der Waals surface area contributed by atoms with Crippen LogP contribution in [0.3, 0.4) is 0 Å². The van der Waals surface area contributed by atoms with Gasteiger partial charge in [0, 0.05) is 0 Å². The van der Waals surface area contributed by atoms with Crippen molar-refractivity contribution in [1.29, 1.82) is 0 Å². The molecule has 0 amide bonds. The molecule has 352 valence electrons. The fourth-order valence-corrected chi connectivity index (χ4v) is 22.1. The summed E-state index contributed by atoms with van der Waals surface area (Å²) in [5.74, 6) is 0. The average molecular weight is 1170 g/mol. The van der Waals surface area contributed by atoms with E-state index in [0.717, 1.165) is 0 Å². The van der Waals surface area contributed by atoms with Crippen molar-refractivity contribution < 1.29 is 42.4 Å². The summed E-state index contributed by atoms with van der Waals surface area (Å²) < 4.78 is 6.02. The van der Waals surface area contributed by atoms with Crippen molar-refractivity contribution in [3.8, 4) is 44.5 Å². The summed E-state index contributed by atoms with van der Waals surface area (Å²) in [4.78, 5) is 0. The van der Waals surface area contributed by atoms with E-state index in [1.165, 1.54) is 207 Å². The maximum Gasteiger partial charge on any atom is -0.00137 e. The Balaban J connectivity index is 0.964. The van der Waals surface area contributed by atoms with E-state index in [-0.39, 0.29) is 42.4 Å². The second-order valence-corrected chi connectivity index (χ2v) is 27.0. The van der Waals surface area contributed by atoms with E-state index in [2.05, 4.69) is 198 Å². The number of alkyl halides is 2. The van der Waals surface area contributed by atoms with Gasteiger partial charge in [-0.1, -0.05) is 60.7 Å². The maximum atomic E-state index is 2.53. The number of benzene rings is 14. The van der Waals surface area contributed by atoms with Crippen molar-refractivity contribution in [2.24, 2.45) is 0 Å². The Kier molecular flexibility index (Phi) is 8.82. The third-order valence-corrected chi connectivity index (χ3v) is 25.5. The van der Waals surface area contributed by atoms with Gasteiger partial charge < -0.3 is 0 Å². The summed E-state index contributed by atoms with van der Waals surface area (Å²) in [6.45, 7) is 9.55. The van der Waals surface area contributed by atoms with E-state index in [1.54, 1.807) is 7.14 Å². The molecule has 0 heterocycles. The first-order chi connectivity index (χ1) is 36.6. The van der Waals surface area contributed by atoms with Gasteiger partial charge in [0.15, 0.2) is 0 Å². The first kappa shape index (κ1) is 42.5. The SMILES string of the molecule is CCC[I-]c1c([I-]CCC)c(-c2ccccc2)c2c(c1-c1ccccc1)-c1ccc3c4ccc5c6ccc7c8c(C)c9c%10cccc%11cccc(c9c(C)c8c8ccc(c9ccc(c%12ccc-2c1c3%12)c4c59)c6c78)c%11%10. The van der Waals surface area contributed by atoms with Crippen LogP contribution in [-0.2, 0) is 0 Å². The van der Waals surface area contributed by atoms with Crippen LogP contribution < -0.4 is 42.4 Å². The first-order valence-corrected chi connectivity index (χ1v) is 31.8. The zero-order chi connectivity index (χ0) is 48.8. The van der Waals surface area contributed by atoms with Crippen LogP contribution in [0.15, 0.2) is 170 Å². The molecule has 2 heteroatoms. The number of hydrogen-bond donors (Lipinski definition) is 0. The van der Waals surface area contributed by atoms with Gasteiger partial charge in [-0.05, 0) is 89.6 Å². The van der Waals surface area contributed by atoms with Crippen molar-refractivity contribution in [3.05, 3.63) is 188 Å². The molecule has 74 heavy (non-hydrogen) atoms. The molecule has 1 aliphatic rings. The largest absolute Gasteiger partial charge is 0.00262 e. The Morgan fingerprint density at radius 1 is 0.270 bits per heavy atom. The molecule has 0 saturated heterocycles. The molecule has 0 N–H and O–H groups in total. The second-order valence-electron chi connectivity index (χ2n) is 21.2. The molecule has 0 unspecified atom stereocenters. The smallest absolute Gasteiger partial charge is 0.00137 e. The van der Waals surface area contributed by atoms with E-state index in [9.17, 15) is 0 Å². The van der Waals surface area contributed by atoms with E-state index in [0.29, 0.717) is 0 Å². The van der Waals surface area contributed by atoms with Gasteiger partial charge in [0.2, 0.25) is 0 Å². The van der Waals surface area contributed by atoms with Gasteiger partial charge >= 0.3 is 303 Å². The fraction of sp³-hybridized carbons (Fsp3) is 0.111. The van der Waals surface area contributed by atoms with Crippen molar-refractivity contribution in [3.63, 3.8) is 0 Å². The molecule has 0 bridgehead atoms. The number of aryl methyl sites for hydroxylation is 2. The number of hydrogen-bond acceptors (Lipinski definition) is 0. The molecule has 0 nitrogen and oxygen atoms in total. The zero-order valence-corrected chi connectivity index (χ0v) is 46.1. The summed E-state index contributed by atoms with van der Waals surface area (Å²) in [6, 6.07) is 66.7. The summed E-state index contributed by atoms with van der Waals surface area (Å²) in [6.07, 6.45) is 2.46. The van der Waals surface area contributed by atoms with E-state index >= 15 is 0 Å². The van der Waals surface area contributed by atoms with E-state index in [4.69, 9.17) is 0 Å². The average Bonchev–Trinajstić information content (AvgIpc) is 4.13. The molecule has 16 aromatic rings. The predicted octanol–water partition coefficient (Wildman–Crippen LogP) is 14.2. The minimum Gasteiger partial charge on any atom is -0.00262 e. The van der Waals surface area contributed by atoms with Crippen LogP contribution in [0.25, 0.3) is 174 Å². The third-order valence-electron chi connectivity index (χ3n) is 17.5. The minimum atomic E-state index is -0.214. The summed E-state index contributed by atoms with van der Waals surface area (Å²) >= 11 is -0.428. The quantitative estimate of drug-likeness (QED) is 0.0616. The van der Waals surface area contributed by atoms with Crippen LogP contribution >= 0.6 is 0 Å². The maximum absolute atomic E-state index is 2.53.